The highest BCUT2D eigenvalue weighted by Gasteiger charge is 2.18. The van der Waals surface area contributed by atoms with Crippen molar-refractivity contribution >= 4 is 23.1 Å². The first kappa shape index (κ1) is 11.5. The topological polar surface area (TPSA) is 86.2 Å². The van der Waals surface area contributed by atoms with Crippen molar-refractivity contribution in [1.82, 2.24) is 19.6 Å². The van der Waals surface area contributed by atoms with Gasteiger partial charge in [-0.1, -0.05) is 11.6 Å². The van der Waals surface area contributed by atoms with Crippen LogP contribution in [-0.2, 0) is 0 Å². The molecule has 94 valence electrons. The second-order valence-corrected chi connectivity index (χ2v) is 4.10. The fourth-order valence-electron chi connectivity index (χ4n) is 1.73. The smallest absolute Gasteiger partial charge is 0.358 e. The first-order valence-electron chi connectivity index (χ1n) is 5.27. The molecule has 0 saturated heterocycles. The van der Waals surface area contributed by atoms with Gasteiger partial charge >= 0.3 is 5.82 Å². The third-order valence-corrected chi connectivity index (χ3v) is 2.72. The summed E-state index contributed by atoms with van der Waals surface area (Å²) >= 11 is 5.78. The normalized spacial score (nSPS) is 10.8. The molecule has 0 radical (unpaired) electrons. The molecule has 0 N–H and O–H groups in total. The van der Waals surface area contributed by atoms with Crippen LogP contribution in [-0.4, -0.2) is 24.5 Å². The zero-order valence-corrected chi connectivity index (χ0v) is 10.2. The van der Waals surface area contributed by atoms with Crippen LogP contribution in [0.1, 0.15) is 0 Å². The number of hydrogen-bond acceptors (Lipinski definition) is 5. The van der Waals surface area contributed by atoms with E-state index in [1.54, 1.807) is 30.5 Å². The lowest BCUT2D eigenvalue weighted by Gasteiger charge is -1.97. The molecule has 7 nitrogen and oxygen atoms in total. The molecule has 0 amide bonds. The standard InChI is InChI=1S/C11H6ClN5O2/c12-9-3-4-10-14-8(6-16(10)15-9)7-2-1-5-13-11(7)17(18)19/h1-6H. The van der Waals surface area contributed by atoms with Crippen LogP contribution in [0.3, 0.4) is 0 Å². The summed E-state index contributed by atoms with van der Waals surface area (Å²) in [5, 5.41) is 15.3. The molecule has 3 rings (SSSR count). The number of nitro groups is 1. The maximum atomic E-state index is 10.9. The Bertz CT molecular complexity index is 786. The van der Waals surface area contributed by atoms with Crippen LogP contribution in [0.15, 0.2) is 36.7 Å². The molecule has 0 aliphatic heterocycles. The summed E-state index contributed by atoms with van der Waals surface area (Å²) in [4.78, 5) is 18.4. The summed E-state index contributed by atoms with van der Waals surface area (Å²) in [6.07, 6.45) is 2.94. The van der Waals surface area contributed by atoms with Gasteiger partial charge < -0.3 is 10.1 Å². The Morgan fingerprint density at radius 2 is 2.16 bits per heavy atom. The molecule has 0 unspecified atom stereocenters. The third-order valence-electron chi connectivity index (χ3n) is 2.52. The van der Waals surface area contributed by atoms with Crippen molar-refractivity contribution in [1.29, 1.82) is 0 Å². The molecule has 0 spiro atoms. The van der Waals surface area contributed by atoms with Crippen molar-refractivity contribution in [2.75, 3.05) is 0 Å². The maximum absolute atomic E-state index is 10.9. The van der Waals surface area contributed by atoms with E-state index in [-0.39, 0.29) is 5.82 Å². The Labute approximate surface area is 111 Å². The minimum absolute atomic E-state index is 0.239. The van der Waals surface area contributed by atoms with Crippen LogP contribution in [0.2, 0.25) is 5.15 Å². The second-order valence-electron chi connectivity index (χ2n) is 3.72. The second kappa shape index (κ2) is 4.29. The van der Waals surface area contributed by atoms with Crippen LogP contribution in [0.5, 0.6) is 0 Å². The van der Waals surface area contributed by atoms with Gasteiger partial charge in [-0.2, -0.15) is 5.10 Å². The molecule has 0 aliphatic rings. The Morgan fingerprint density at radius 1 is 1.32 bits per heavy atom. The maximum Gasteiger partial charge on any atom is 0.372 e. The Morgan fingerprint density at radius 3 is 2.95 bits per heavy atom. The largest absolute Gasteiger partial charge is 0.372 e. The fourth-order valence-corrected chi connectivity index (χ4v) is 1.88. The van der Waals surface area contributed by atoms with E-state index in [2.05, 4.69) is 15.1 Å². The monoisotopic (exact) mass is 275 g/mol. The highest BCUT2D eigenvalue weighted by molar-refractivity contribution is 6.29. The summed E-state index contributed by atoms with van der Waals surface area (Å²) in [5.41, 5.74) is 1.32. The Balaban J connectivity index is 2.22. The van der Waals surface area contributed by atoms with Gasteiger partial charge in [0.25, 0.3) is 0 Å². The number of rotatable bonds is 2. The molecular formula is C11H6ClN5O2. The number of hydrogen-bond donors (Lipinski definition) is 0. The SMILES string of the molecule is O=[N+]([O-])c1ncccc1-c1cn2nc(Cl)ccc2n1. The molecule has 8 heteroatoms. The summed E-state index contributed by atoms with van der Waals surface area (Å²) in [6.45, 7) is 0. The van der Waals surface area contributed by atoms with E-state index in [0.29, 0.717) is 22.1 Å². The number of imidazole rings is 1. The van der Waals surface area contributed by atoms with Crippen LogP contribution < -0.4 is 0 Å². The fraction of sp³-hybridized carbons (Fsp3) is 0. The van der Waals surface area contributed by atoms with Crippen molar-refractivity contribution < 1.29 is 4.92 Å². The van der Waals surface area contributed by atoms with Crippen LogP contribution in [0.25, 0.3) is 16.9 Å². The van der Waals surface area contributed by atoms with Gasteiger partial charge in [-0.25, -0.2) is 9.50 Å². The van der Waals surface area contributed by atoms with E-state index in [9.17, 15) is 10.1 Å². The summed E-state index contributed by atoms with van der Waals surface area (Å²) < 4.78 is 1.47. The number of halogens is 1. The predicted octanol–water partition coefficient (Wildman–Crippen LogP) is 2.35. The molecule has 3 aromatic rings. The van der Waals surface area contributed by atoms with Gasteiger partial charge in [0.05, 0.1) is 17.5 Å². The number of fused-ring (bicyclic) bond motifs is 1. The van der Waals surface area contributed by atoms with Crippen molar-refractivity contribution in [2.24, 2.45) is 0 Å². The first-order chi connectivity index (χ1) is 9.15. The zero-order chi connectivity index (χ0) is 13.4. The van der Waals surface area contributed by atoms with E-state index < -0.39 is 4.92 Å². The molecule has 3 heterocycles. The minimum Gasteiger partial charge on any atom is -0.358 e. The van der Waals surface area contributed by atoms with E-state index in [4.69, 9.17) is 11.6 Å². The molecule has 0 aromatic carbocycles. The molecule has 0 saturated carbocycles. The molecule has 0 fully saturated rings. The lowest BCUT2D eigenvalue weighted by Crippen LogP contribution is -1.94. The zero-order valence-electron chi connectivity index (χ0n) is 9.39. The molecule has 19 heavy (non-hydrogen) atoms. The van der Waals surface area contributed by atoms with E-state index in [1.807, 2.05) is 0 Å². The van der Waals surface area contributed by atoms with Gasteiger partial charge in [0.1, 0.15) is 11.3 Å². The van der Waals surface area contributed by atoms with Crippen molar-refractivity contribution in [3.05, 3.63) is 51.9 Å². The summed E-state index contributed by atoms with van der Waals surface area (Å²) in [6, 6.07) is 6.49. The summed E-state index contributed by atoms with van der Waals surface area (Å²) in [5.74, 6) is -0.239. The highest BCUT2D eigenvalue weighted by Crippen LogP contribution is 2.26. The van der Waals surface area contributed by atoms with E-state index >= 15 is 0 Å². The van der Waals surface area contributed by atoms with Gasteiger partial charge in [0.2, 0.25) is 0 Å². The van der Waals surface area contributed by atoms with Crippen molar-refractivity contribution in [2.45, 2.75) is 0 Å². The van der Waals surface area contributed by atoms with Crippen molar-refractivity contribution in [3.63, 3.8) is 0 Å². The molecule has 0 aliphatic carbocycles. The molecular weight excluding hydrogens is 270 g/mol. The van der Waals surface area contributed by atoms with Gasteiger partial charge in [-0.05, 0) is 34.2 Å². The molecule has 0 bridgehead atoms. The molecule has 3 aromatic heterocycles. The quantitative estimate of drug-likeness (QED) is 0.529. The highest BCUT2D eigenvalue weighted by atomic mass is 35.5. The first-order valence-corrected chi connectivity index (χ1v) is 5.64. The predicted molar refractivity (Wildman–Crippen MR) is 67.9 cm³/mol. The average molecular weight is 276 g/mol. The van der Waals surface area contributed by atoms with Gasteiger partial charge in [-0.15, -0.1) is 0 Å². The van der Waals surface area contributed by atoms with Crippen molar-refractivity contribution in [3.8, 4) is 11.3 Å². The van der Waals surface area contributed by atoms with E-state index in [0.717, 1.165) is 0 Å². The average Bonchev–Trinajstić information content (AvgIpc) is 2.81. The number of aromatic nitrogens is 4. The van der Waals surface area contributed by atoms with Gasteiger partial charge in [0.15, 0.2) is 5.65 Å². The van der Waals surface area contributed by atoms with Gasteiger partial charge in [-0.3, -0.25) is 0 Å². The van der Waals surface area contributed by atoms with Crippen LogP contribution in [0.4, 0.5) is 5.82 Å². The minimum atomic E-state index is -0.542. The number of pyridine rings is 1. The summed E-state index contributed by atoms with van der Waals surface area (Å²) in [7, 11) is 0. The van der Waals surface area contributed by atoms with Crippen LogP contribution in [0, 0.1) is 10.1 Å². The lowest BCUT2D eigenvalue weighted by atomic mass is 10.2. The van der Waals surface area contributed by atoms with Crippen LogP contribution >= 0.6 is 11.6 Å². The Kier molecular flexibility index (Phi) is 2.60. The molecule has 0 atom stereocenters. The number of nitrogens with zero attached hydrogens (tertiary/aromatic N) is 5. The lowest BCUT2D eigenvalue weighted by molar-refractivity contribution is -0.388. The van der Waals surface area contributed by atoms with E-state index in [1.165, 1.54) is 10.7 Å². The third kappa shape index (κ3) is 2.00. The Hall–Kier alpha value is -2.54. The van der Waals surface area contributed by atoms with Gasteiger partial charge in [0, 0.05) is 0 Å².